The molecule has 0 bridgehead atoms. The zero-order valence-electron chi connectivity index (χ0n) is 12.8. The molecule has 0 radical (unpaired) electrons. The van der Waals surface area contributed by atoms with Crippen molar-refractivity contribution in [1.29, 1.82) is 0 Å². The Hall–Kier alpha value is -1.92. The lowest BCUT2D eigenvalue weighted by Gasteiger charge is -2.24. The molecule has 2 unspecified atom stereocenters. The van der Waals surface area contributed by atoms with Gasteiger partial charge >= 0.3 is 0 Å². The zero-order valence-corrected chi connectivity index (χ0v) is 12.8. The summed E-state index contributed by atoms with van der Waals surface area (Å²) in [5.41, 5.74) is 8.68. The van der Waals surface area contributed by atoms with E-state index in [-0.39, 0.29) is 12.0 Å². The van der Waals surface area contributed by atoms with E-state index in [0.29, 0.717) is 12.1 Å². The maximum atomic E-state index is 12.3. The predicted octanol–water partition coefficient (Wildman–Crippen LogP) is 2.10. The minimum atomic E-state index is -0.567. The molecule has 1 fully saturated rings. The Labute approximate surface area is 129 Å². The minimum Gasteiger partial charge on any atom is -0.378 e. The third-order valence-corrected chi connectivity index (χ3v) is 4.22. The Bertz CT molecular complexity index is 661. The number of hydrogen-bond donors (Lipinski definition) is 3. The average Bonchev–Trinajstić information content (AvgIpc) is 3.01. The van der Waals surface area contributed by atoms with E-state index in [4.69, 9.17) is 10.5 Å². The van der Waals surface area contributed by atoms with Gasteiger partial charge in [0.1, 0.15) is 0 Å². The van der Waals surface area contributed by atoms with E-state index in [1.165, 1.54) is 0 Å². The largest absolute Gasteiger partial charge is 0.378 e. The fourth-order valence-electron chi connectivity index (χ4n) is 2.89. The lowest BCUT2D eigenvalue weighted by molar-refractivity contribution is -0.118. The summed E-state index contributed by atoms with van der Waals surface area (Å²) < 4.78 is 5.65. The van der Waals surface area contributed by atoms with Crippen LogP contribution in [0.1, 0.15) is 31.2 Å². The monoisotopic (exact) mass is 302 g/mol. The molecule has 6 heteroatoms. The summed E-state index contributed by atoms with van der Waals surface area (Å²) in [5.74, 6) is -0.186. The first-order valence-corrected chi connectivity index (χ1v) is 7.76. The fraction of sp³-hybridized carbons (Fsp3) is 0.500. The molecular weight excluding hydrogens is 280 g/mol. The molecule has 2 aromatic rings. The molecule has 2 heterocycles. The van der Waals surface area contributed by atoms with Crippen molar-refractivity contribution in [3.63, 3.8) is 0 Å². The molecule has 1 aliphatic heterocycles. The van der Waals surface area contributed by atoms with Crippen molar-refractivity contribution in [3.05, 3.63) is 23.9 Å². The van der Waals surface area contributed by atoms with Crippen molar-refractivity contribution in [3.8, 4) is 0 Å². The number of aromatic amines is 1. The first-order chi connectivity index (χ1) is 10.6. The van der Waals surface area contributed by atoms with Crippen molar-refractivity contribution in [2.24, 2.45) is 5.73 Å². The normalized spacial score (nSPS) is 20.0. The summed E-state index contributed by atoms with van der Waals surface area (Å²) in [6, 6.07) is 3.27. The van der Waals surface area contributed by atoms with Crippen LogP contribution in [0.5, 0.6) is 0 Å². The molecule has 0 aliphatic carbocycles. The molecule has 2 atom stereocenters. The van der Waals surface area contributed by atoms with Crippen LogP contribution in [0.3, 0.4) is 0 Å². The van der Waals surface area contributed by atoms with Crippen LogP contribution in [0.4, 0.5) is 5.69 Å². The molecule has 1 aliphatic rings. The van der Waals surface area contributed by atoms with Gasteiger partial charge in [-0.1, -0.05) is 6.07 Å². The number of rotatable bonds is 4. The molecule has 0 spiro atoms. The van der Waals surface area contributed by atoms with Gasteiger partial charge in [0.25, 0.3) is 0 Å². The number of carbonyl (C=O) groups excluding carboxylic acids is 1. The number of hydrogen-bond acceptors (Lipinski definition) is 4. The first-order valence-electron chi connectivity index (χ1n) is 7.76. The quantitative estimate of drug-likeness (QED) is 0.806. The standard InChI is InChI=1S/C16H22N4O2/c1-10-5-6-14(15-12(10)9-18-20-15)19-16(21)13(17)8-11-4-2-3-7-22-11/h5-6,9,11,13H,2-4,7-8,17H2,1H3,(H,18,20)(H,19,21). The van der Waals surface area contributed by atoms with Gasteiger partial charge in [-0.05, 0) is 44.2 Å². The van der Waals surface area contributed by atoms with Crippen molar-refractivity contribution >= 4 is 22.5 Å². The molecule has 4 N–H and O–H groups in total. The number of nitrogens with two attached hydrogens (primary N) is 1. The molecule has 6 nitrogen and oxygen atoms in total. The van der Waals surface area contributed by atoms with Gasteiger partial charge in [0, 0.05) is 12.0 Å². The molecule has 118 valence electrons. The second-order valence-electron chi connectivity index (χ2n) is 5.91. The highest BCUT2D eigenvalue weighted by molar-refractivity contribution is 6.02. The summed E-state index contributed by atoms with van der Waals surface area (Å²) in [4.78, 5) is 12.3. The zero-order chi connectivity index (χ0) is 15.5. The maximum Gasteiger partial charge on any atom is 0.241 e. The van der Waals surface area contributed by atoms with Crippen LogP contribution in [0.25, 0.3) is 10.9 Å². The number of fused-ring (bicyclic) bond motifs is 1. The fourth-order valence-corrected chi connectivity index (χ4v) is 2.89. The molecule has 1 saturated heterocycles. The van der Waals surface area contributed by atoms with Crippen molar-refractivity contribution in [2.75, 3.05) is 11.9 Å². The number of H-pyrrole nitrogens is 1. The van der Waals surface area contributed by atoms with Gasteiger partial charge in [-0.25, -0.2) is 0 Å². The molecular formula is C16H22N4O2. The molecule has 1 aromatic heterocycles. The van der Waals surface area contributed by atoms with Crippen LogP contribution in [0.2, 0.25) is 0 Å². The lowest BCUT2D eigenvalue weighted by Crippen LogP contribution is -2.39. The van der Waals surface area contributed by atoms with Gasteiger partial charge in [0.05, 0.1) is 29.5 Å². The number of nitrogens with one attached hydrogen (secondary N) is 2. The van der Waals surface area contributed by atoms with Crippen LogP contribution in [0, 0.1) is 6.92 Å². The van der Waals surface area contributed by atoms with Gasteiger partial charge < -0.3 is 15.8 Å². The number of anilines is 1. The van der Waals surface area contributed by atoms with E-state index in [1.807, 2.05) is 19.1 Å². The summed E-state index contributed by atoms with van der Waals surface area (Å²) in [6.07, 6.45) is 5.64. The van der Waals surface area contributed by atoms with Crippen LogP contribution < -0.4 is 11.1 Å². The first kappa shape index (κ1) is 15.0. The number of aryl methyl sites for hydroxylation is 1. The van der Waals surface area contributed by atoms with Crippen LogP contribution in [-0.4, -0.2) is 34.9 Å². The predicted molar refractivity (Wildman–Crippen MR) is 85.6 cm³/mol. The Kier molecular flexibility index (Phi) is 4.40. The average molecular weight is 302 g/mol. The lowest BCUT2D eigenvalue weighted by atomic mass is 10.0. The van der Waals surface area contributed by atoms with Crippen molar-refractivity contribution in [2.45, 2.75) is 44.8 Å². The SMILES string of the molecule is Cc1ccc(NC(=O)C(N)CC2CCCCO2)c2[nH]ncc12. The number of ether oxygens (including phenoxy) is 1. The number of benzene rings is 1. The second-order valence-corrected chi connectivity index (χ2v) is 5.91. The van der Waals surface area contributed by atoms with Crippen LogP contribution in [-0.2, 0) is 9.53 Å². The Morgan fingerprint density at radius 2 is 2.41 bits per heavy atom. The van der Waals surface area contributed by atoms with E-state index in [1.54, 1.807) is 6.20 Å². The summed E-state index contributed by atoms with van der Waals surface area (Å²) in [5, 5.41) is 10.9. The highest BCUT2D eigenvalue weighted by atomic mass is 16.5. The maximum absolute atomic E-state index is 12.3. The highest BCUT2D eigenvalue weighted by Gasteiger charge is 2.22. The van der Waals surface area contributed by atoms with E-state index in [2.05, 4.69) is 15.5 Å². The van der Waals surface area contributed by atoms with E-state index >= 15 is 0 Å². The van der Waals surface area contributed by atoms with Gasteiger partial charge in [-0.15, -0.1) is 0 Å². The number of carbonyl (C=O) groups is 1. The van der Waals surface area contributed by atoms with Gasteiger partial charge in [0.15, 0.2) is 0 Å². The molecule has 0 saturated carbocycles. The van der Waals surface area contributed by atoms with Gasteiger partial charge in [0.2, 0.25) is 5.91 Å². The number of aromatic nitrogens is 2. The molecule has 22 heavy (non-hydrogen) atoms. The van der Waals surface area contributed by atoms with E-state index < -0.39 is 6.04 Å². The molecule has 1 amide bonds. The van der Waals surface area contributed by atoms with Gasteiger partial charge in [-0.2, -0.15) is 5.10 Å². The third-order valence-electron chi connectivity index (χ3n) is 4.22. The second kappa shape index (κ2) is 6.46. The molecule has 1 aromatic carbocycles. The number of amides is 1. The van der Waals surface area contributed by atoms with E-state index in [9.17, 15) is 4.79 Å². The minimum absolute atomic E-state index is 0.0969. The molecule has 3 rings (SSSR count). The smallest absolute Gasteiger partial charge is 0.241 e. The van der Waals surface area contributed by atoms with Gasteiger partial charge in [-0.3, -0.25) is 9.89 Å². The third kappa shape index (κ3) is 3.13. The van der Waals surface area contributed by atoms with Crippen LogP contribution >= 0.6 is 0 Å². The summed E-state index contributed by atoms with van der Waals surface area (Å²) in [7, 11) is 0. The highest BCUT2D eigenvalue weighted by Crippen LogP contribution is 2.24. The summed E-state index contributed by atoms with van der Waals surface area (Å²) in [6.45, 7) is 2.78. The Morgan fingerprint density at radius 3 is 3.18 bits per heavy atom. The van der Waals surface area contributed by atoms with Crippen molar-refractivity contribution in [1.82, 2.24) is 10.2 Å². The Balaban J connectivity index is 1.67. The summed E-state index contributed by atoms with van der Waals surface area (Å²) >= 11 is 0. The van der Waals surface area contributed by atoms with E-state index in [0.717, 1.165) is 42.3 Å². The number of nitrogens with zero attached hydrogens (tertiary/aromatic N) is 1. The van der Waals surface area contributed by atoms with Crippen molar-refractivity contribution < 1.29 is 9.53 Å². The topological polar surface area (TPSA) is 93.0 Å². The Morgan fingerprint density at radius 1 is 1.55 bits per heavy atom. The van der Waals surface area contributed by atoms with Crippen LogP contribution in [0.15, 0.2) is 18.3 Å².